The number of fused-ring (bicyclic) bond motifs is 1. The summed E-state index contributed by atoms with van der Waals surface area (Å²) in [6, 6.07) is 31.9. The third-order valence-corrected chi connectivity index (χ3v) is 9.09. The summed E-state index contributed by atoms with van der Waals surface area (Å²) in [6.07, 6.45) is 5.25. The number of nitrogens with zero attached hydrogens (tertiary/aromatic N) is 2. The molecule has 0 spiro atoms. The molecular formula is C41H47N2O3+. The lowest BCUT2D eigenvalue weighted by atomic mass is 9.99. The normalized spacial score (nSPS) is 11.9. The largest absolute Gasteiger partial charge is 0.481 e. The van der Waals surface area contributed by atoms with Crippen molar-refractivity contribution in [2.24, 2.45) is 11.8 Å². The van der Waals surface area contributed by atoms with Gasteiger partial charge < -0.3 is 9.51 Å². The first-order valence-corrected chi connectivity index (χ1v) is 16.5. The van der Waals surface area contributed by atoms with Crippen LogP contribution in [-0.4, -0.2) is 28.3 Å². The van der Waals surface area contributed by atoms with Crippen LogP contribution >= 0.6 is 0 Å². The van der Waals surface area contributed by atoms with Crippen molar-refractivity contribution in [1.82, 2.24) is 8.88 Å². The summed E-state index contributed by atoms with van der Waals surface area (Å²) in [5.41, 5.74) is 10.2. The number of quaternary nitrogens is 1. The van der Waals surface area contributed by atoms with Crippen LogP contribution < -0.4 is 4.48 Å². The van der Waals surface area contributed by atoms with Gasteiger partial charge in [-0.3, -0.25) is 9.59 Å². The SMILES string of the molecule is Cc1c(CCCC(=O)O)c2ccccn2c1C(=O)c1ccc([N+](C)(c2ccc(CC(C)C)cc2)c2ccc(CC(C)C)cc2)cc1. The van der Waals surface area contributed by atoms with Crippen LogP contribution in [0.5, 0.6) is 0 Å². The number of carboxylic acid groups (broad SMARTS) is 1. The highest BCUT2D eigenvalue weighted by atomic mass is 16.4. The Kier molecular flexibility index (Phi) is 9.93. The van der Waals surface area contributed by atoms with E-state index in [1.807, 2.05) is 47.9 Å². The molecule has 2 aromatic heterocycles. The molecule has 0 amide bonds. The maximum Gasteiger partial charge on any atom is 0.303 e. The van der Waals surface area contributed by atoms with Gasteiger partial charge in [0.05, 0.1) is 12.7 Å². The van der Waals surface area contributed by atoms with Gasteiger partial charge in [0.1, 0.15) is 17.1 Å². The first kappa shape index (κ1) is 32.9. The maximum absolute atomic E-state index is 14.1. The molecule has 46 heavy (non-hydrogen) atoms. The number of ketones is 1. The summed E-state index contributed by atoms with van der Waals surface area (Å²) < 4.78 is 2.43. The van der Waals surface area contributed by atoms with Gasteiger partial charge >= 0.3 is 5.97 Å². The molecule has 3 aromatic carbocycles. The van der Waals surface area contributed by atoms with Crippen molar-refractivity contribution < 1.29 is 14.7 Å². The van der Waals surface area contributed by atoms with E-state index in [4.69, 9.17) is 5.11 Å². The molecule has 5 nitrogen and oxygen atoms in total. The van der Waals surface area contributed by atoms with Crippen LogP contribution in [0.25, 0.3) is 5.52 Å². The molecule has 0 fully saturated rings. The van der Waals surface area contributed by atoms with Crippen LogP contribution in [-0.2, 0) is 24.1 Å². The summed E-state index contributed by atoms with van der Waals surface area (Å²) in [6.45, 7) is 11.0. The molecule has 5 rings (SSSR count). The smallest absolute Gasteiger partial charge is 0.303 e. The Hall–Kier alpha value is -4.48. The summed E-state index contributed by atoms with van der Waals surface area (Å²) in [5.74, 6) is 0.334. The van der Waals surface area contributed by atoms with Crippen molar-refractivity contribution in [2.75, 3.05) is 7.05 Å². The fourth-order valence-corrected chi connectivity index (χ4v) is 6.71. The molecule has 0 bridgehead atoms. The molecule has 0 aliphatic carbocycles. The lowest BCUT2D eigenvalue weighted by Crippen LogP contribution is -2.33. The molecule has 0 aliphatic heterocycles. The Morgan fingerprint density at radius 1 is 0.739 bits per heavy atom. The van der Waals surface area contributed by atoms with E-state index < -0.39 is 5.97 Å². The highest BCUT2D eigenvalue weighted by Gasteiger charge is 2.32. The number of aliphatic carboxylic acids is 1. The van der Waals surface area contributed by atoms with Crippen LogP contribution in [0, 0.1) is 18.8 Å². The monoisotopic (exact) mass is 615 g/mol. The summed E-state index contributed by atoms with van der Waals surface area (Å²) in [5, 5.41) is 9.17. The number of pyridine rings is 1. The van der Waals surface area contributed by atoms with E-state index in [2.05, 4.69) is 95.4 Å². The highest BCUT2D eigenvalue weighted by Crippen LogP contribution is 2.42. The van der Waals surface area contributed by atoms with Crippen molar-refractivity contribution in [2.45, 2.75) is 66.7 Å². The predicted molar refractivity (Wildman–Crippen MR) is 190 cm³/mol. The second-order valence-electron chi connectivity index (χ2n) is 13.6. The van der Waals surface area contributed by atoms with E-state index in [-0.39, 0.29) is 12.2 Å². The number of carboxylic acids is 1. The van der Waals surface area contributed by atoms with Crippen molar-refractivity contribution in [3.8, 4) is 0 Å². The van der Waals surface area contributed by atoms with Crippen molar-refractivity contribution in [1.29, 1.82) is 0 Å². The van der Waals surface area contributed by atoms with Crippen molar-refractivity contribution in [3.63, 3.8) is 0 Å². The molecule has 0 unspecified atom stereocenters. The van der Waals surface area contributed by atoms with Crippen LogP contribution in [0.4, 0.5) is 17.1 Å². The first-order valence-electron chi connectivity index (χ1n) is 16.5. The van der Waals surface area contributed by atoms with E-state index >= 15 is 0 Å². The fraction of sp³-hybridized carbons (Fsp3) is 0.317. The second-order valence-corrected chi connectivity index (χ2v) is 13.6. The Balaban J connectivity index is 1.53. The van der Waals surface area contributed by atoms with Crippen molar-refractivity contribution >= 4 is 34.3 Å². The topological polar surface area (TPSA) is 58.8 Å². The predicted octanol–water partition coefficient (Wildman–Crippen LogP) is 9.88. The Bertz CT molecular complexity index is 1760. The van der Waals surface area contributed by atoms with Gasteiger partial charge in [0.15, 0.2) is 0 Å². The number of carbonyl (C=O) groups is 2. The minimum atomic E-state index is -0.805. The van der Waals surface area contributed by atoms with Gasteiger partial charge in [0.25, 0.3) is 0 Å². The van der Waals surface area contributed by atoms with Crippen molar-refractivity contribution in [3.05, 3.63) is 131 Å². The number of benzene rings is 3. The molecule has 1 N–H and O–H groups in total. The Morgan fingerprint density at radius 2 is 1.24 bits per heavy atom. The van der Waals surface area contributed by atoms with Crippen LogP contribution in [0.2, 0.25) is 0 Å². The van der Waals surface area contributed by atoms with E-state index in [0.717, 1.165) is 46.5 Å². The average Bonchev–Trinajstić information content (AvgIpc) is 3.31. The first-order chi connectivity index (χ1) is 22.0. The van der Waals surface area contributed by atoms with Gasteiger partial charge in [-0.1, -0.05) is 58.0 Å². The molecular weight excluding hydrogens is 568 g/mol. The zero-order chi connectivity index (χ0) is 33.0. The van der Waals surface area contributed by atoms with E-state index in [1.165, 1.54) is 11.1 Å². The number of carbonyl (C=O) groups excluding carboxylic acids is 1. The van der Waals surface area contributed by atoms with Crippen LogP contribution in [0.3, 0.4) is 0 Å². The number of aromatic nitrogens is 1. The number of rotatable bonds is 13. The molecule has 238 valence electrons. The molecule has 0 saturated heterocycles. The summed E-state index contributed by atoms with van der Waals surface area (Å²) in [7, 11) is 2.22. The molecule has 0 atom stereocenters. The molecule has 0 aliphatic rings. The zero-order valence-corrected chi connectivity index (χ0v) is 28.1. The zero-order valence-electron chi connectivity index (χ0n) is 28.1. The van der Waals surface area contributed by atoms with Crippen LogP contribution in [0.1, 0.15) is 78.8 Å². The third kappa shape index (κ3) is 6.85. The lowest BCUT2D eigenvalue weighted by Gasteiger charge is -2.33. The Morgan fingerprint density at radius 3 is 1.72 bits per heavy atom. The molecule has 0 radical (unpaired) electrons. The van der Waals surface area contributed by atoms with E-state index in [0.29, 0.717) is 40.4 Å². The molecule has 5 aromatic rings. The summed E-state index contributed by atoms with van der Waals surface area (Å²) >= 11 is 0. The number of aryl methyl sites for hydroxylation is 1. The van der Waals surface area contributed by atoms with Crippen LogP contribution in [0.15, 0.2) is 97.2 Å². The standard InChI is InChI=1S/C41H46N2O3/c1-28(2)26-31-13-19-34(20-14-31)43(6,35-21-15-32(16-22-35)27-29(3)4)36-23-17-33(18-24-36)41(46)40-30(5)37(10-9-12-39(44)45)38-11-7-8-25-42(38)40/h7-8,11,13-25,28-29H,9-10,12,26-27H2,1-6H3/p+1. The number of hydrogen-bond acceptors (Lipinski definition) is 2. The van der Waals surface area contributed by atoms with Gasteiger partial charge in [-0.25, -0.2) is 4.48 Å². The van der Waals surface area contributed by atoms with Gasteiger partial charge in [-0.05, 0) is 91.0 Å². The maximum atomic E-state index is 14.1. The summed E-state index contributed by atoms with van der Waals surface area (Å²) in [4.78, 5) is 25.3. The minimum Gasteiger partial charge on any atom is -0.481 e. The van der Waals surface area contributed by atoms with E-state index in [9.17, 15) is 9.59 Å². The lowest BCUT2D eigenvalue weighted by molar-refractivity contribution is -0.137. The Labute approximate surface area is 273 Å². The second kappa shape index (κ2) is 13.9. The fourth-order valence-electron chi connectivity index (χ4n) is 6.71. The third-order valence-electron chi connectivity index (χ3n) is 9.09. The average molecular weight is 616 g/mol. The van der Waals surface area contributed by atoms with Gasteiger partial charge in [-0.15, -0.1) is 0 Å². The number of hydrogen-bond donors (Lipinski definition) is 1. The van der Waals surface area contributed by atoms with Gasteiger partial charge in [0.2, 0.25) is 5.78 Å². The van der Waals surface area contributed by atoms with E-state index in [1.54, 1.807) is 0 Å². The van der Waals surface area contributed by atoms with Gasteiger partial charge in [0, 0.05) is 60.1 Å². The van der Waals surface area contributed by atoms with Gasteiger partial charge in [-0.2, -0.15) is 0 Å². The molecule has 2 heterocycles. The molecule has 5 heteroatoms. The minimum absolute atomic E-state index is 0.0417. The highest BCUT2D eigenvalue weighted by molar-refractivity contribution is 6.10. The quantitative estimate of drug-likeness (QED) is 0.106. The molecule has 0 saturated carbocycles.